The minimum Gasteiger partial charge on any atom is -0.334 e. The summed E-state index contributed by atoms with van der Waals surface area (Å²) in [4.78, 5) is 12.2. The molecule has 3 aromatic rings. The lowest BCUT2D eigenvalue weighted by Crippen LogP contribution is -2.19. The van der Waals surface area contributed by atoms with Crippen LogP contribution in [0.15, 0.2) is 23.4 Å². The summed E-state index contributed by atoms with van der Waals surface area (Å²) in [5.41, 5.74) is 2.08. The molecule has 3 rings (SSSR count). The van der Waals surface area contributed by atoms with Crippen molar-refractivity contribution in [3.63, 3.8) is 0 Å². The number of hydrogen-bond acceptors (Lipinski definition) is 6. The Bertz CT molecular complexity index is 1020. The molecule has 2 aromatic heterocycles. The molecule has 1 aromatic carbocycles. The first kappa shape index (κ1) is 19.8. The first-order valence-corrected chi connectivity index (χ1v) is 9.69. The van der Waals surface area contributed by atoms with Crippen LogP contribution in [0.25, 0.3) is 5.95 Å². The minimum absolute atomic E-state index is 0.0447. The van der Waals surface area contributed by atoms with E-state index in [1.165, 1.54) is 16.8 Å². The molecule has 0 atom stereocenters. The molecule has 3 N–H and O–H groups in total. The van der Waals surface area contributed by atoms with Crippen LogP contribution in [0.3, 0.4) is 0 Å². The highest BCUT2D eigenvalue weighted by molar-refractivity contribution is 7.99. The van der Waals surface area contributed by atoms with E-state index in [9.17, 15) is 4.79 Å². The minimum atomic E-state index is -0.309. The maximum absolute atomic E-state index is 12.2. The predicted octanol–water partition coefficient (Wildman–Crippen LogP) is 3.49. The van der Waals surface area contributed by atoms with E-state index < -0.39 is 0 Å². The van der Waals surface area contributed by atoms with Crippen molar-refractivity contribution in [2.75, 3.05) is 16.9 Å². The second kappa shape index (κ2) is 7.97. The normalized spacial score (nSPS) is 11.0. The van der Waals surface area contributed by atoms with Crippen molar-refractivity contribution in [3.8, 4) is 5.95 Å². The standard InChI is InChI=1S/C15H14Cl3N7OS/c1-7-3-8(2)25(23-7)14-21-22-15(24(14)19)27-6-13(26)20-12-5-10(17)9(16)4-11(12)18/h3-5H,6,19H2,1-2H3,(H,20,26). The van der Waals surface area contributed by atoms with E-state index in [1.807, 2.05) is 19.9 Å². The van der Waals surface area contributed by atoms with Gasteiger partial charge in [-0.25, -0.2) is 9.36 Å². The number of aryl methyl sites for hydroxylation is 2. The Morgan fingerprint density at radius 1 is 1.15 bits per heavy atom. The number of hydrogen-bond donors (Lipinski definition) is 2. The van der Waals surface area contributed by atoms with Crippen molar-refractivity contribution >= 4 is 58.2 Å². The number of amides is 1. The number of anilines is 1. The fraction of sp³-hybridized carbons (Fsp3) is 0.200. The zero-order valence-electron chi connectivity index (χ0n) is 14.2. The number of benzene rings is 1. The van der Waals surface area contributed by atoms with Gasteiger partial charge in [0.25, 0.3) is 5.95 Å². The number of halogens is 3. The lowest BCUT2D eigenvalue weighted by atomic mass is 10.3. The molecule has 0 unspecified atom stereocenters. The Hall–Kier alpha value is -1.94. The average molecular weight is 447 g/mol. The molecule has 0 aliphatic rings. The number of rotatable bonds is 5. The van der Waals surface area contributed by atoms with E-state index in [0.717, 1.165) is 23.1 Å². The molecule has 0 aliphatic heterocycles. The summed E-state index contributed by atoms with van der Waals surface area (Å²) in [6.45, 7) is 3.75. The van der Waals surface area contributed by atoms with Gasteiger partial charge in [0.05, 0.1) is 32.2 Å². The zero-order valence-corrected chi connectivity index (χ0v) is 17.3. The molecule has 0 aliphatic carbocycles. The van der Waals surface area contributed by atoms with E-state index in [1.54, 1.807) is 4.68 Å². The third-order valence-corrected chi connectivity index (χ3v) is 5.44. The van der Waals surface area contributed by atoms with Crippen molar-refractivity contribution in [1.82, 2.24) is 24.7 Å². The predicted molar refractivity (Wildman–Crippen MR) is 108 cm³/mol. The number of carbonyl (C=O) groups excluding carboxylic acids is 1. The van der Waals surface area contributed by atoms with Crippen LogP contribution in [0.2, 0.25) is 15.1 Å². The van der Waals surface area contributed by atoms with Crippen LogP contribution < -0.4 is 11.2 Å². The molecular weight excluding hydrogens is 433 g/mol. The van der Waals surface area contributed by atoms with Gasteiger partial charge >= 0.3 is 0 Å². The first-order chi connectivity index (χ1) is 12.8. The van der Waals surface area contributed by atoms with Crippen molar-refractivity contribution < 1.29 is 4.79 Å². The molecule has 8 nitrogen and oxygen atoms in total. The highest BCUT2D eigenvalue weighted by Gasteiger charge is 2.16. The molecular formula is C15H14Cl3N7OS. The number of nitrogen functional groups attached to an aromatic ring is 1. The molecule has 0 bridgehead atoms. The van der Waals surface area contributed by atoms with Gasteiger partial charge in [-0.15, -0.1) is 10.2 Å². The van der Waals surface area contributed by atoms with Gasteiger partial charge in [0.2, 0.25) is 11.1 Å². The molecule has 27 heavy (non-hydrogen) atoms. The molecule has 0 fully saturated rings. The second-order valence-corrected chi connectivity index (χ2v) is 7.74. The molecule has 12 heteroatoms. The summed E-state index contributed by atoms with van der Waals surface area (Å²) in [6.07, 6.45) is 0. The molecule has 0 radical (unpaired) electrons. The number of nitrogens with two attached hydrogens (primary N) is 1. The van der Waals surface area contributed by atoms with Gasteiger partial charge < -0.3 is 11.2 Å². The smallest absolute Gasteiger partial charge is 0.271 e. The van der Waals surface area contributed by atoms with E-state index in [4.69, 9.17) is 40.6 Å². The fourth-order valence-electron chi connectivity index (χ4n) is 2.28. The van der Waals surface area contributed by atoms with Crippen LogP contribution in [0.1, 0.15) is 11.4 Å². The average Bonchev–Trinajstić information content (AvgIpc) is 3.12. The molecule has 0 spiro atoms. The maximum atomic E-state index is 12.2. The number of nitrogens with zero attached hydrogens (tertiary/aromatic N) is 5. The monoisotopic (exact) mass is 445 g/mol. The van der Waals surface area contributed by atoms with E-state index >= 15 is 0 Å². The van der Waals surface area contributed by atoms with Crippen molar-refractivity contribution in [2.24, 2.45) is 0 Å². The van der Waals surface area contributed by atoms with Crippen molar-refractivity contribution in [1.29, 1.82) is 0 Å². The summed E-state index contributed by atoms with van der Waals surface area (Å²) in [5, 5.41) is 16.3. The Kier molecular flexibility index (Phi) is 5.85. The van der Waals surface area contributed by atoms with Crippen LogP contribution in [-0.2, 0) is 4.79 Å². The van der Waals surface area contributed by atoms with E-state index in [-0.39, 0.29) is 16.7 Å². The van der Waals surface area contributed by atoms with Crippen molar-refractivity contribution in [3.05, 3.63) is 44.7 Å². The lowest BCUT2D eigenvalue weighted by Gasteiger charge is -2.08. The molecule has 0 saturated heterocycles. The molecule has 2 heterocycles. The van der Waals surface area contributed by atoms with Crippen LogP contribution in [0.4, 0.5) is 5.69 Å². The Morgan fingerprint density at radius 3 is 2.52 bits per heavy atom. The number of carbonyl (C=O) groups is 1. The number of nitrogens with one attached hydrogen (secondary N) is 1. The van der Waals surface area contributed by atoms with Crippen LogP contribution in [0, 0.1) is 13.8 Å². The Morgan fingerprint density at radius 2 is 1.85 bits per heavy atom. The Labute approximate surface area is 173 Å². The lowest BCUT2D eigenvalue weighted by molar-refractivity contribution is -0.113. The highest BCUT2D eigenvalue weighted by Crippen LogP contribution is 2.32. The maximum Gasteiger partial charge on any atom is 0.271 e. The third kappa shape index (κ3) is 4.32. The largest absolute Gasteiger partial charge is 0.334 e. The molecule has 0 saturated carbocycles. The van der Waals surface area contributed by atoms with Crippen molar-refractivity contribution in [2.45, 2.75) is 19.0 Å². The van der Waals surface area contributed by atoms with E-state index in [2.05, 4.69) is 20.6 Å². The topological polar surface area (TPSA) is 104 Å². The third-order valence-electron chi connectivity index (χ3n) is 3.46. The molecule has 142 valence electrons. The first-order valence-electron chi connectivity index (χ1n) is 7.57. The number of aromatic nitrogens is 5. The Balaban J connectivity index is 1.68. The summed E-state index contributed by atoms with van der Waals surface area (Å²) < 4.78 is 2.87. The van der Waals surface area contributed by atoms with Gasteiger partial charge in [-0.3, -0.25) is 4.79 Å². The van der Waals surface area contributed by atoms with Crippen LogP contribution in [-0.4, -0.2) is 36.3 Å². The van der Waals surface area contributed by atoms with E-state index in [0.29, 0.717) is 26.8 Å². The van der Waals surface area contributed by atoms with Gasteiger partial charge in [-0.2, -0.15) is 5.10 Å². The summed E-state index contributed by atoms with van der Waals surface area (Å²) in [5.74, 6) is 6.13. The second-order valence-electron chi connectivity index (χ2n) is 5.57. The highest BCUT2D eigenvalue weighted by atomic mass is 35.5. The summed E-state index contributed by atoms with van der Waals surface area (Å²) >= 11 is 19.0. The van der Waals surface area contributed by atoms with Gasteiger partial charge in [0, 0.05) is 5.69 Å². The summed E-state index contributed by atoms with van der Waals surface area (Å²) in [6, 6.07) is 4.85. The van der Waals surface area contributed by atoms with Crippen LogP contribution in [0.5, 0.6) is 0 Å². The van der Waals surface area contributed by atoms with Gasteiger partial charge in [-0.05, 0) is 32.0 Å². The zero-order chi connectivity index (χ0) is 19.7. The molecule has 1 amide bonds. The van der Waals surface area contributed by atoms with Gasteiger partial charge in [0.15, 0.2) is 0 Å². The van der Waals surface area contributed by atoms with Gasteiger partial charge in [-0.1, -0.05) is 46.6 Å². The summed E-state index contributed by atoms with van der Waals surface area (Å²) in [7, 11) is 0. The fourth-order valence-corrected chi connectivity index (χ4v) is 3.52. The van der Waals surface area contributed by atoms with Crippen LogP contribution >= 0.6 is 46.6 Å². The quantitative estimate of drug-likeness (QED) is 0.353. The van der Waals surface area contributed by atoms with Gasteiger partial charge in [0.1, 0.15) is 0 Å². The number of thioether (sulfide) groups is 1. The SMILES string of the molecule is Cc1cc(C)n(-c2nnc(SCC(=O)Nc3cc(Cl)c(Cl)cc3Cl)n2N)n1.